The summed E-state index contributed by atoms with van der Waals surface area (Å²) in [6, 6.07) is 20.9. The summed E-state index contributed by atoms with van der Waals surface area (Å²) in [4.78, 5) is 24.2. The lowest BCUT2D eigenvalue weighted by Crippen LogP contribution is -2.30. The summed E-state index contributed by atoms with van der Waals surface area (Å²) in [5.41, 5.74) is 2.46. The van der Waals surface area contributed by atoms with E-state index in [0.29, 0.717) is 12.1 Å². The molecule has 0 radical (unpaired) electrons. The number of Topliss-reactive ketones (excluding diaryl/α,β-unsaturated/α-hetero) is 1. The number of benzene rings is 3. The second kappa shape index (κ2) is 6.44. The molecule has 1 amide bonds. The Morgan fingerprint density at radius 2 is 1.57 bits per heavy atom. The number of amides is 1. The molecule has 23 heavy (non-hydrogen) atoms. The van der Waals surface area contributed by atoms with Gasteiger partial charge in [-0.1, -0.05) is 72.3 Å². The molecule has 0 unspecified atom stereocenters. The van der Waals surface area contributed by atoms with Crippen LogP contribution in [0.2, 0.25) is 0 Å². The molecule has 0 aliphatic rings. The van der Waals surface area contributed by atoms with Crippen molar-refractivity contribution in [2.24, 2.45) is 0 Å². The first-order valence-corrected chi connectivity index (χ1v) is 7.51. The standard InChI is InChI=1S/C20H17NO2/c1-14-9-11-16(12-10-14)19(22)20(23)21-13-17-7-4-6-15-5-2-3-8-18(15)17/h2-12H,13H2,1H3,(H,21,23). The highest BCUT2D eigenvalue weighted by atomic mass is 16.2. The van der Waals surface area contributed by atoms with Crippen LogP contribution in [0.15, 0.2) is 66.7 Å². The fraction of sp³-hybridized carbons (Fsp3) is 0.100. The Morgan fingerprint density at radius 3 is 2.35 bits per heavy atom. The Balaban J connectivity index is 1.73. The predicted molar refractivity (Wildman–Crippen MR) is 91.3 cm³/mol. The second-order valence-corrected chi connectivity index (χ2v) is 5.52. The van der Waals surface area contributed by atoms with E-state index in [2.05, 4.69) is 5.32 Å². The first-order valence-electron chi connectivity index (χ1n) is 7.51. The lowest BCUT2D eigenvalue weighted by atomic mass is 10.0. The Hall–Kier alpha value is -2.94. The van der Waals surface area contributed by atoms with Crippen LogP contribution in [0.3, 0.4) is 0 Å². The Kier molecular flexibility index (Phi) is 4.20. The number of hydrogen-bond acceptors (Lipinski definition) is 2. The van der Waals surface area contributed by atoms with E-state index in [1.165, 1.54) is 0 Å². The number of aryl methyl sites for hydroxylation is 1. The first-order chi connectivity index (χ1) is 11.1. The highest BCUT2D eigenvalue weighted by molar-refractivity contribution is 6.42. The van der Waals surface area contributed by atoms with Gasteiger partial charge < -0.3 is 5.32 Å². The third kappa shape index (κ3) is 3.29. The summed E-state index contributed by atoms with van der Waals surface area (Å²) in [7, 11) is 0. The van der Waals surface area contributed by atoms with E-state index in [9.17, 15) is 9.59 Å². The lowest BCUT2D eigenvalue weighted by Gasteiger charge is -2.08. The van der Waals surface area contributed by atoms with Crippen molar-refractivity contribution in [1.82, 2.24) is 5.32 Å². The molecule has 3 nitrogen and oxygen atoms in total. The number of carbonyl (C=O) groups excluding carboxylic acids is 2. The molecule has 0 saturated heterocycles. The highest BCUT2D eigenvalue weighted by Gasteiger charge is 2.15. The second-order valence-electron chi connectivity index (χ2n) is 5.52. The van der Waals surface area contributed by atoms with Crippen molar-refractivity contribution in [2.45, 2.75) is 13.5 Å². The minimum absolute atomic E-state index is 0.331. The SMILES string of the molecule is Cc1ccc(C(=O)C(=O)NCc2cccc3ccccc23)cc1. The van der Waals surface area contributed by atoms with Gasteiger partial charge in [-0.05, 0) is 23.3 Å². The average molecular weight is 303 g/mol. The van der Waals surface area contributed by atoms with Gasteiger partial charge in [0.05, 0.1) is 0 Å². The normalized spacial score (nSPS) is 10.5. The third-order valence-electron chi connectivity index (χ3n) is 3.84. The van der Waals surface area contributed by atoms with Crippen LogP contribution in [-0.4, -0.2) is 11.7 Å². The number of fused-ring (bicyclic) bond motifs is 1. The fourth-order valence-electron chi connectivity index (χ4n) is 2.54. The van der Waals surface area contributed by atoms with Gasteiger partial charge >= 0.3 is 0 Å². The Labute approximate surface area is 135 Å². The number of rotatable bonds is 4. The molecule has 1 N–H and O–H groups in total. The lowest BCUT2D eigenvalue weighted by molar-refractivity contribution is -0.117. The molecule has 0 heterocycles. The van der Waals surface area contributed by atoms with Crippen LogP contribution in [0.25, 0.3) is 10.8 Å². The number of nitrogens with one attached hydrogen (secondary N) is 1. The molecule has 0 aromatic heterocycles. The van der Waals surface area contributed by atoms with E-state index in [1.807, 2.05) is 61.5 Å². The molecule has 0 spiro atoms. The molecule has 0 fully saturated rings. The molecule has 114 valence electrons. The summed E-state index contributed by atoms with van der Waals surface area (Å²) in [5, 5.41) is 4.91. The molecule has 3 aromatic carbocycles. The maximum atomic E-state index is 12.1. The van der Waals surface area contributed by atoms with Crippen LogP contribution in [0.1, 0.15) is 21.5 Å². The maximum Gasteiger partial charge on any atom is 0.292 e. The van der Waals surface area contributed by atoms with Crippen molar-refractivity contribution in [3.05, 3.63) is 83.4 Å². The molecule has 3 rings (SSSR count). The van der Waals surface area contributed by atoms with Gasteiger partial charge in [-0.25, -0.2) is 0 Å². The molecular formula is C20H17NO2. The van der Waals surface area contributed by atoms with Crippen LogP contribution < -0.4 is 5.32 Å². The van der Waals surface area contributed by atoms with Gasteiger partial charge in [0, 0.05) is 12.1 Å². The van der Waals surface area contributed by atoms with E-state index in [-0.39, 0.29) is 0 Å². The van der Waals surface area contributed by atoms with E-state index >= 15 is 0 Å². The molecule has 0 aliphatic carbocycles. The zero-order valence-electron chi connectivity index (χ0n) is 12.9. The zero-order chi connectivity index (χ0) is 16.2. The van der Waals surface area contributed by atoms with Crippen molar-refractivity contribution in [2.75, 3.05) is 0 Å². The van der Waals surface area contributed by atoms with Crippen LogP contribution >= 0.6 is 0 Å². The minimum atomic E-state index is -0.582. The smallest absolute Gasteiger partial charge is 0.292 e. The van der Waals surface area contributed by atoms with Gasteiger partial charge in [-0.15, -0.1) is 0 Å². The van der Waals surface area contributed by atoms with Gasteiger partial charge in [0.25, 0.3) is 5.91 Å². The van der Waals surface area contributed by atoms with E-state index in [0.717, 1.165) is 21.9 Å². The predicted octanol–water partition coefficient (Wildman–Crippen LogP) is 3.65. The Morgan fingerprint density at radius 1 is 0.870 bits per heavy atom. The van der Waals surface area contributed by atoms with E-state index < -0.39 is 11.7 Å². The summed E-state index contributed by atoms with van der Waals surface area (Å²) in [6.07, 6.45) is 0. The fourth-order valence-corrected chi connectivity index (χ4v) is 2.54. The Bertz CT molecular complexity index is 861. The molecule has 0 saturated carbocycles. The minimum Gasteiger partial charge on any atom is -0.345 e. The van der Waals surface area contributed by atoms with Crippen molar-refractivity contribution in [3.63, 3.8) is 0 Å². The van der Waals surface area contributed by atoms with E-state index in [1.54, 1.807) is 12.1 Å². The molecule has 0 bridgehead atoms. The summed E-state index contributed by atoms with van der Waals surface area (Å²) in [6.45, 7) is 2.27. The van der Waals surface area contributed by atoms with Crippen LogP contribution in [0.5, 0.6) is 0 Å². The quantitative estimate of drug-likeness (QED) is 0.591. The molecular weight excluding hydrogens is 286 g/mol. The van der Waals surface area contributed by atoms with Crippen molar-refractivity contribution < 1.29 is 9.59 Å². The number of hydrogen-bond donors (Lipinski definition) is 1. The summed E-state index contributed by atoms with van der Waals surface area (Å²) >= 11 is 0. The largest absolute Gasteiger partial charge is 0.345 e. The topological polar surface area (TPSA) is 46.2 Å². The molecule has 3 aromatic rings. The monoisotopic (exact) mass is 303 g/mol. The van der Waals surface area contributed by atoms with Crippen LogP contribution in [0.4, 0.5) is 0 Å². The van der Waals surface area contributed by atoms with Crippen LogP contribution in [-0.2, 0) is 11.3 Å². The first kappa shape index (κ1) is 15.0. The van der Waals surface area contributed by atoms with Crippen LogP contribution in [0, 0.1) is 6.92 Å². The molecule has 3 heteroatoms. The average Bonchev–Trinajstić information content (AvgIpc) is 2.59. The van der Waals surface area contributed by atoms with Crippen molar-refractivity contribution in [3.8, 4) is 0 Å². The number of carbonyl (C=O) groups is 2. The van der Waals surface area contributed by atoms with Gasteiger partial charge in [0.1, 0.15) is 0 Å². The molecule has 0 aliphatic heterocycles. The molecule has 0 atom stereocenters. The zero-order valence-corrected chi connectivity index (χ0v) is 12.9. The number of ketones is 1. The third-order valence-corrected chi connectivity index (χ3v) is 3.84. The summed E-state index contributed by atoms with van der Waals surface area (Å²) < 4.78 is 0. The van der Waals surface area contributed by atoms with Crippen molar-refractivity contribution >= 4 is 22.5 Å². The van der Waals surface area contributed by atoms with Gasteiger partial charge in [-0.3, -0.25) is 9.59 Å². The summed E-state index contributed by atoms with van der Waals surface area (Å²) in [5.74, 6) is -1.09. The maximum absolute atomic E-state index is 12.1. The van der Waals surface area contributed by atoms with Crippen molar-refractivity contribution in [1.29, 1.82) is 0 Å². The van der Waals surface area contributed by atoms with E-state index in [4.69, 9.17) is 0 Å². The van der Waals surface area contributed by atoms with Gasteiger partial charge in [0.2, 0.25) is 5.78 Å². The van der Waals surface area contributed by atoms with Gasteiger partial charge in [-0.2, -0.15) is 0 Å². The highest BCUT2D eigenvalue weighted by Crippen LogP contribution is 2.18. The van der Waals surface area contributed by atoms with Gasteiger partial charge in [0.15, 0.2) is 0 Å².